The maximum absolute atomic E-state index is 14.8. The van der Waals surface area contributed by atoms with E-state index in [1.807, 2.05) is 23.1 Å². The molecule has 0 unspecified atom stereocenters. The van der Waals surface area contributed by atoms with Crippen molar-refractivity contribution in [1.82, 2.24) is 24.5 Å². The van der Waals surface area contributed by atoms with Crippen LogP contribution in [0.1, 0.15) is 5.56 Å². The van der Waals surface area contributed by atoms with Crippen molar-refractivity contribution in [3.8, 4) is 28.6 Å². The number of benzene rings is 2. The highest BCUT2D eigenvalue weighted by atomic mass is 19.1. The van der Waals surface area contributed by atoms with E-state index in [0.717, 1.165) is 17.2 Å². The molecule has 0 atom stereocenters. The molecule has 0 amide bonds. The molecule has 3 aromatic heterocycles. The molecule has 2 N–H and O–H groups in total. The molecule has 2 aromatic carbocycles. The normalized spacial score (nSPS) is 14.2. The number of furan rings is 1. The Bertz CT molecular complexity index is 1650. The Morgan fingerprint density at radius 2 is 1.80 bits per heavy atom. The first-order valence-electron chi connectivity index (χ1n) is 13.2. The van der Waals surface area contributed by atoms with Gasteiger partial charge in [-0.3, -0.25) is 4.90 Å². The van der Waals surface area contributed by atoms with Gasteiger partial charge in [-0.15, -0.1) is 5.10 Å². The molecule has 1 aliphatic heterocycles. The molecule has 0 spiro atoms. The average molecular weight is 562 g/mol. The molecule has 0 saturated carbocycles. The van der Waals surface area contributed by atoms with Crippen LogP contribution in [0.15, 0.2) is 65.3 Å². The third-order valence-electron chi connectivity index (χ3n) is 6.98. The highest BCUT2D eigenvalue weighted by Crippen LogP contribution is 2.29. The quantitative estimate of drug-likeness (QED) is 0.264. The third kappa shape index (κ3) is 5.70. The molecule has 0 radical (unpaired) electrons. The Kier molecular flexibility index (Phi) is 7.49. The number of nitrogens with two attached hydrogens (primary N) is 1. The van der Waals surface area contributed by atoms with E-state index >= 15 is 0 Å². The second kappa shape index (κ2) is 11.5. The van der Waals surface area contributed by atoms with Crippen molar-refractivity contribution in [3.63, 3.8) is 0 Å². The Labute approximate surface area is 234 Å². The minimum absolute atomic E-state index is 0.112. The molecule has 1 aliphatic rings. The Morgan fingerprint density at radius 1 is 0.951 bits per heavy atom. The minimum Gasteiger partial charge on any atom is -0.488 e. The first-order valence-corrected chi connectivity index (χ1v) is 13.2. The molecule has 212 valence electrons. The van der Waals surface area contributed by atoms with Crippen molar-refractivity contribution < 1.29 is 22.7 Å². The number of aromatic nitrogens is 4. The third-order valence-corrected chi connectivity index (χ3v) is 6.98. The van der Waals surface area contributed by atoms with Crippen LogP contribution in [0, 0.1) is 11.6 Å². The van der Waals surface area contributed by atoms with Crippen molar-refractivity contribution in [1.29, 1.82) is 0 Å². The monoisotopic (exact) mass is 561 g/mol. The zero-order valence-electron chi connectivity index (χ0n) is 22.5. The van der Waals surface area contributed by atoms with Gasteiger partial charge in [-0.2, -0.15) is 4.52 Å². The van der Waals surface area contributed by atoms with Crippen LogP contribution < -0.4 is 15.4 Å². The molecule has 6 rings (SSSR count). The first-order chi connectivity index (χ1) is 20.0. The highest BCUT2D eigenvalue weighted by Gasteiger charge is 2.22. The van der Waals surface area contributed by atoms with Crippen molar-refractivity contribution in [2.24, 2.45) is 0 Å². The molecule has 0 bridgehead atoms. The van der Waals surface area contributed by atoms with Gasteiger partial charge in [0.25, 0.3) is 0 Å². The first kappa shape index (κ1) is 26.7. The molecule has 10 nitrogen and oxygen atoms in total. The van der Waals surface area contributed by atoms with E-state index < -0.39 is 11.6 Å². The summed E-state index contributed by atoms with van der Waals surface area (Å²) in [5.41, 5.74) is 9.71. The van der Waals surface area contributed by atoms with Crippen LogP contribution in [0.3, 0.4) is 0 Å². The Morgan fingerprint density at radius 3 is 2.59 bits per heavy atom. The zero-order valence-corrected chi connectivity index (χ0v) is 22.5. The number of nitrogens with zero attached hydrogens (tertiary/aromatic N) is 6. The lowest BCUT2D eigenvalue weighted by atomic mass is 10.1. The van der Waals surface area contributed by atoms with Crippen molar-refractivity contribution in [2.45, 2.75) is 6.54 Å². The predicted molar refractivity (Wildman–Crippen MR) is 150 cm³/mol. The molecular formula is C29H29F2N7O3. The number of ether oxygens (including phenoxy) is 2. The van der Waals surface area contributed by atoms with Crippen molar-refractivity contribution in [3.05, 3.63) is 78.1 Å². The van der Waals surface area contributed by atoms with Gasteiger partial charge in [0.15, 0.2) is 23.0 Å². The number of piperazine rings is 1. The number of halogens is 2. The van der Waals surface area contributed by atoms with Gasteiger partial charge >= 0.3 is 0 Å². The van der Waals surface area contributed by atoms with E-state index in [1.54, 1.807) is 18.4 Å². The Hall–Kier alpha value is -4.55. The van der Waals surface area contributed by atoms with Crippen LogP contribution in [-0.2, 0) is 11.3 Å². The van der Waals surface area contributed by atoms with Gasteiger partial charge in [0.05, 0.1) is 24.3 Å². The van der Waals surface area contributed by atoms with Crippen molar-refractivity contribution >= 4 is 17.3 Å². The van der Waals surface area contributed by atoms with E-state index in [1.165, 1.54) is 17.7 Å². The SMILES string of the molecule is COCCOc1cc(F)c(N2CCN(Cc3cccc(-c4cc5nc(-c6ccco6)nn5c(N)n4)c3)CC2)cc1F. The van der Waals surface area contributed by atoms with Gasteiger partial charge in [0.1, 0.15) is 12.4 Å². The zero-order chi connectivity index (χ0) is 28.3. The second-order valence-electron chi connectivity index (χ2n) is 9.72. The topological polar surface area (TPSA) is 107 Å². The molecule has 12 heteroatoms. The van der Waals surface area contributed by atoms with Gasteiger partial charge in [-0.25, -0.2) is 18.7 Å². The summed E-state index contributed by atoms with van der Waals surface area (Å²) in [6, 6.07) is 15.8. The summed E-state index contributed by atoms with van der Waals surface area (Å²) in [4.78, 5) is 13.2. The van der Waals surface area contributed by atoms with Crippen LogP contribution >= 0.6 is 0 Å². The summed E-state index contributed by atoms with van der Waals surface area (Å²) in [5, 5.41) is 4.40. The van der Waals surface area contributed by atoms with Crippen LogP contribution in [0.25, 0.3) is 28.5 Å². The maximum atomic E-state index is 14.8. The van der Waals surface area contributed by atoms with Gasteiger partial charge < -0.3 is 24.5 Å². The number of fused-ring (bicyclic) bond motifs is 1. The molecule has 1 fully saturated rings. The summed E-state index contributed by atoms with van der Waals surface area (Å²) in [7, 11) is 1.52. The average Bonchev–Trinajstić information content (AvgIpc) is 3.66. The maximum Gasteiger partial charge on any atom is 0.223 e. The Balaban J connectivity index is 1.12. The van der Waals surface area contributed by atoms with Gasteiger partial charge in [-0.1, -0.05) is 18.2 Å². The van der Waals surface area contributed by atoms with E-state index in [2.05, 4.69) is 32.1 Å². The molecule has 4 heterocycles. The number of methoxy groups -OCH3 is 1. The number of rotatable bonds is 9. The number of nitrogen functional groups attached to an aromatic ring is 1. The van der Waals surface area contributed by atoms with Gasteiger partial charge in [0.2, 0.25) is 11.8 Å². The van der Waals surface area contributed by atoms with Gasteiger partial charge in [0, 0.05) is 63.6 Å². The van der Waals surface area contributed by atoms with Gasteiger partial charge in [-0.05, 0) is 23.8 Å². The fourth-order valence-corrected chi connectivity index (χ4v) is 4.91. The van der Waals surface area contributed by atoms with Crippen LogP contribution in [-0.4, -0.2) is 71.0 Å². The number of hydrogen-bond donors (Lipinski definition) is 1. The predicted octanol–water partition coefficient (Wildman–Crippen LogP) is 4.26. The van der Waals surface area contributed by atoms with Crippen LogP contribution in [0.2, 0.25) is 0 Å². The standard InChI is InChI=1S/C29H29F2N7O3/c1-39-12-13-41-26-16-21(30)24(15-22(26)31)37-9-7-36(8-10-37)18-19-4-2-5-20(14-19)23-17-27-34-28(25-6-3-11-40-25)35-38(27)29(32)33-23/h2-6,11,14-17H,7-10,12-13,18H2,1H3,(H2,32,33). The summed E-state index contributed by atoms with van der Waals surface area (Å²) >= 11 is 0. The summed E-state index contributed by atoms with van der Waals surface area (Å²) < 4.78 is 46.4. The summed E-state index contributed by atoms with van der Waals surface area (Å²) in [6.45, 7) is 3.68. The fourth-order valence-electron chi connectivity index (χ4n) is 4.91. The summed E-state index contributed by atoms with van der Waals surface area (Å²) in [5.74, 6) is -0.00182. The second-order valence-corrected chi connectivity index (χ2v) is 9.72. The molecule has 5 aromatic rings. The van der Waals surface area contributed by atoms with Crippen molar-refractivity contribution in [2.75, 3.05) is 57.1 Å². The summed E-state index contributed by atoms with van der Waals surface area (Å²) in [6.07, 6.45) is 1.57. The fraction of sp³-hybridized carbons (Fsp3) is 0.276. The largest absolute Gasteiger partial charge is 0.488 e. The smallest absolute Gasteiger partial charge is 0.223 e. The van der Waals surface area contributed by atoms with E-state index in [0.29, 0.717) is 62.3 Å². The minimum atomic E-state index is -0.590. The lowest BCUT2D eigenvalue weighted by molar-refractivity contribution is 0.143. The highest BCUT2D eigenvalue weighted by molar-refractivity contribution is 5.67. The molecule has 41 heavy (non-hydrogen) atoms. The molecular weight excluding hydrogens is 532 g/mol. The van der Waals surface area contributed by atoms with E-state index in [-0.39, 0.29) is 24.0 Å². The molecule has 0 aliphatic carbocycles. The van der Waals surface area contributed by atoms with Crippen LogP contribution in [0.5, 0.6) is 5.75 Å². The lowest BCUT2D eigenvalue weighted by Crippen LogP contribution is -2.46. The number of hydrogen-bond acceptors (Lipinski definition) is 9. The van der Waals surface area contributed by atoms with E-state index in [4.69, 9.17) is 19.6 Å². The van der Waals surface area contributed by atoms with E-state index in [9.17, 15) is 8.78 Å². The lowest BCUT2D eigenvalue weighted by Gasteiger charge is -2.36. The number of anilines is 2. The van der Waals surface area contributed by atoms with Crippen LogP contribution in [0.4, 0.5) is 20.4 Å². The molecule has 1 saturated heterocycles.